The Balaban J connectivity index is 2.23. The zero-order chi connectivity index (χ0) is 6.69. The summed E-state index contributed by atoms with van der Waals surface area (Å²) in [5.41, 5.74) is 0. The number of rotatable bonds is 1. The number of aliphatic hydroxyl groups excluding tert-OH is 1. The van der Waals surface area contributed by atoms with Gasteiger partial charge < -0.3 is 5.11 Å². The molecule has 0 unspecified atom stereocenters. The number of alkyl halides is 1. The van der Waals surface area contributed by atoms with E-state index in [1.54, 1.807) is 0 Å². The van der Waals surface area contributed by atoms with E-state index in [0.717, 1.165) is 23.9 Å². The molecule has 0 aromatic heterocycles. The molecule has 0 radical (unpaired) electrons. The lowest BCUT2D eigenvalue weighted by Gasteiger charge is -2.27. The first-order valence-electron chi connectivity index (χ1n) is 3.29. The third-order valence-electron chi connectivity index (χ3n) is 1.65. The minimum atomic E-state index is -0.0616. The highest BCUT2D eigenvalue weighted by molar-refractivity contribution is 14.1. The molecule has 0 saturated carbocycles. The van der Waals surface area contributed by atoms with Crippen LogP contribution in [0.15, 0.2) is 0 Å². The van der Waals surface area contributed by atoms with Crippen LogP contribution < -0.4 is 0 Å². The van der Waals surface area contributed by atoms with Gasteiger partial charge in [0.05, 0.1) is 10.7 Å². The van der Waals surface area contributed by atoms with E-state index in [1.165, 1.54) is 6.54 Å². The van der Waals surface area contributed by atoms with Gasteiger partial charge in [-0.3, -0.25) is 4.90 Å². The lowest BCUT2D eigenvalue weighted by Crippen LogP contribution is -2.37. The molecule has 9 heavy (non-hydrogen) atoms. The molecule has 3 heteroatoms. The van der Waals surface area contributed by atoms with Crippen LogP contribution in [0.3, 0.4) is 0 Å². The highest BCUT2D eigenvalue weighted by Crippen LogP contribution is 2.10. The van der Waals surface area contributed by atoms with E-state index in [-0.39, 0.29) is 6.10 Å². The topological polar surface area (TPSA) is 23.5 Å². The van der Waals surface area contributed by atoms with Gasteiger partial charge in [0.2, 0.25) is 0 Å². The standard InChI is InChI=1S/C6H12INO/c7-5-8-3-1-2-6(9)4-8/h6,9H,1-5H2/t6-/m0/s1. The van der Waals surface area contributed by atoms with Gasteiger partial charge in [-0.1, -0.05) is 22.6 Å². The largest absolute Gasteiger partial charge is 0.392 e. The molecule has 1 saturated heterocycles. The third kappa shape index (κ3) is 2.39. The number of hydrogen-bond donors (Lipinski definition) is 1. The van der Waals surface area contributed by atoms with Crippen molar-refractivity contribution in [2.24, 2.45) is 0 Å². The van der Waals surface area contributed by atoms with E-state index in [0.29, 0.717) is 0 Å². The fourth-order valence-corrected chi connectivity index (χ4v) is 1.76. The third-order valence-corrected chi connectivity index (χ3v) is 2.61. The fraction of sp³-hybridized carbons (Fsp3) is 1.00. The molecular weight excluding hydrogens is 229 g/mol. The van der Waals surface area contributed by atoms with Gasteiger partial charge in [0, 0.05) is 6.54 Å². The second kappa shape index (κ2) is 3.73. The lowest BCUT2D eigenvalue weighted by molar-refractivity contribution is 0.0830. The smallest absolute Gasteiger partial charge is 0.0667 e. The number of aliphatic hydroxyl groups is 1. The molecule has 1 aliphatic rings. The van der Waals surface area contributed by atoms with E-state index in [2.05, 4.69) is 27.5 Å². The molecule has 1 N–H and O–H groups in total. The summed E-state index contributed by atoms with van der Waals surface area (Å²) < 4.78 is 1.05. The Morgan fingerprint density at radius 3 is 2.89 bits per heavy atom. The van der Waals surface area contributed by atoms with Crippen molar-refractivity contribution in [2.75, 3.05) is 17.6 Å². The average Bonchev–Trinajstić information content (AvgIpc) is 1.88. The Hall–Kier alpha value is 0.650. The van der Waals surface area contributed by atoms with Gasteiger partial charge in [-0.25, -0.2) is 0 Å². The van der Waals surface area contributed by atoms with Gasteiger partial charge in [-0.05, 0) is 19.4 Å². The first-order chi connectivity index (χ1) is 4.33. The van der Waals surface area contributed by atoms with E-state index < -0.39 is 0 Å². The summed E-state index contributed by atoms with van der Waals surface area (Å²) in [5, 5.41) is 9.17. The number of halogens is 1. The summed E-state index contributed by atoms with van der Waals surface area (Å²) in [4.78, 5) is 2.27. The van der Waals surface area contributed by atoms with E-state index >= 15 is 0 Å². The quantitative estimate of drug-likeness (QED) is 0.417. The van der Waals surface area contributed by atoms with Crippen molar-refractivity contribution in [2.45, 2.75) is 18.9 Å². The Labute approximate surface area is 69.4 Å². The molecule has 0 aliphatic carbocycles. The molecule has 1 rings (SSSR count). The molecule has 0 bridgehead atoms. The molecule has 2 nitrogen and oxygen atoms in total. The van der Waals surface area contributed by atoms with Crippen LogP contribution in [0.4, 0.5) is 0 Å². The zero-order valence-electron chi connectivity index (χ0n) is 5.39. The van der Waals surface area contributed by atoms with E-state index in [4.69, 9.17) is 5.11 Å². The van der Waals surface area contributed by atoms with Crippen LogP contribution in [-0.2, 0) is 0 Å². The summed E-state index contributed by atoms with van der Waals surface area (Å²) in [6.45, 7) is 2.04. The van der Waals surface area contributed by atoms with Crippen molar-refractivity contribution >= 4 is 22.6 Å². The fourth-order valence-electron chi connectivity index (χ4n) is 1.14. The highest BCUT2D eigenvalue weighted by Gasteiger charge is 2.15. The van der Waals surface area contributed by atoms with Gasteiger partial charge in [0.15, 0.2) is 0 Å². The van der Waals surface area contributed by atoms with Crippen molar-refractivity contribution in [3.05, 3.63) is 0 Å². The average molecular weight is 241 g/mol. The number of β-amino-alcohol motifs (C(OH)–C–C–N with tert-alkyl or cyclic N) is 1. The maximum atomic E-state index is 9.17. The summed E-state index contributed by atoms with van der Waals surface area (Å²) in [6.07, 6.45) is 2.09. The summed E-state index contributed by atoms with van der Waals surface area (Å²) in [6, 6.07) is 0. The van der Waals surface area contributed by atoms with Crippen molar-refractivity contribution in [3.8, 4) is 0 Å². The van der Waals surface area contributed by atoms with Crippen LogP contribution in [0.2, 0.25) is 0 Å². The predicted molar refractivity (Wildman–Crippen MR) is 45.7 cm³/mol. The van der Waals surface area contributed by atoms with Gasteiger partial charge in [-0.2, -0.15) is 0 Å². The van der Waals surface area contributed by atoms with Crippen LogP contribution in [0, 0.1) is 0 Å². The maximum Gasteiger partial charge on any atom is 0.0667 e. The number of likely N-dealkylation sites (tertiary alicyclic amines) is 1. The number of nitrogens with zero attached hydrogens (tertiary/aromatic N) is 1. The van der Waals surface area contributed by atoms with Gasteiger partial charge in [-0.15, -0.1) is 0 Å². The molecule has 0 aromatic carbocycles. The van der Waals surface area contributed by atoms with Gasteiger partial charge in [0.1, 0.15) is 0 Å². The second-order valence-electron chi connectivity index (χ2n) is 2.49. The molecule has 0 aromatic rings. The van der Waals surface area contributed by atoms with Crippen LogP contribution in [0.5, 0.6) is 0 Å². The minimum absolute atomic E-state index is 0.0616. The van der Waals surface area contributed by atoms with E-state index in [1.807, 2.05) is 0 Å². The number of hydrogen-bond acceptors (Lipinski definition) is 2. The molecule has 0 spiro atoms. The van der Waals surface area contributed by atoms with Crippen molar-refractivity contribution in [1.29, 1.82) is 0 Å². The monoisotopic (exact) mass is 241 g/mol. The van der Waals surface area contributed by atoms with Crippen LogP contribution in [0.1, 0.15) is 12.8 Å². The van der Waals surface area contributed by atoms with Crippen LogP contribution in [-0.4, -0.2) is 33.8 Å². The van der Waals surface area contributed by atoms with E-state index in [9.17, 15) is 0 Å². The first kappa shape index (κ1) is 7.75. The summed E-state index contributed by atoms with van der Waals surface area (Å²) in [5.74, 6) is 0. The summed E-state index contributed by atoms with van der Waals surface area (Å²) >= 11 is 2.33. The lowest BCUT2D eigenvalue weighted by atomic mass is 10.1. The Bertz CT molecular complexity index is 89.1. The van der Waals surface area contributed by atoms with Crippen LogP contribution in [0.25, 0.3) is 0 Å². The molecule has 1 heterocycles. The normalized spacial score (nSPS) is 30.7. The van der Waals surface area contributed by atoms with Crippen molar-refractivity contribution in [1.82, 2.24) is 4.90 Å². The second-order valence-corrected chi connectivity index (χ2v) is 3.17. The molecular formula is C6H12INO. The van der Waals surface area contributed by atoms with Gasteiger partial charge in [0.25, 0.3) is 0 Å². The Kier molecular flexibility index (Phi) is 3.21. The Morgan fingerprint density at radius 1 is 1.67 bits per heavy atom. The zero-order valence-corrected chi connectivity index (χ0v) is 7.54. The molecule has 54 valence electrons. The predicted octanol–water partition coefficient (Wildman–Crippen LogP) is 0.836. The minimum Gasteiger partial charge on any atom is -0.392 e. The van der Waals surface area contributed by atoms with Crippen molar-refractivity contribution < 1.29 is 5.11 Å². The summed E-state index contributed by atoms with van der Waals surface area (Å²) in [7, 11) is 0. The van der Waals surface area contributed by atoms with Gasteiger partial charge >= 0.3 is 0 Å². The highest BCUT2D eigenvalue weighted by atomic mass is 127. The van der Waals surface area contributed by atoms with Crippen LogP contribution >= 0.6 is 22.6 Å². The SMILES string of the molecule is O[C@H]1CCCN(CI)C1. The molecule has 0 amide bonds. The first-order valence-corrected chi connectivity index (χ1v) is 4.82. The molecule has 1 aliphatic heterocycles. The molecule has 1 atom stereocenters. The molecule has 1 fully saturated rings. The Morgan fingerprint density at radius 2 is 2.44 bits per heavy atom. The number of piperidine rings is 1. The van der Waals surface area contributed by atoms with Crippen molar-refractivity contribution in [3.63, 3.8) is 0 Å². The maximum absolute atomic E-state index is 9.17.